The standard InChI is InChI=1S/C26H26N6O/c1-32-13-12-29-23(32)15-30-26(33)17-8-6-16(7-9-17)25-19-5-3-2-4-18(19)24-20(14-27)21(28)10-11-22(24)31-25/h6-14,27H,2-5,15,28H2,1H3,(H,30,33). The van der Waals surface area contributed by atoms with Crippen molar-refractivity contribution < 1.29 is 4.79 Å². The molecule has 0 atom stereocenters. The van der Waals surface area contributed by atoms with E-state index in [2.05, 4.69) is 10.3 Å². The number of nitrogens with two attached hydrogens (primary N) is 1. The number of aryl methyl sites for hydroxylation is 2. The van der Waals surface area contributed by atoms with Crippen LogP contribution in [0, 0.1) is 5.41 Å². The number of nitrogens with one attached hydrogen (secondary N) is 2. The van der Waals surface area contributed by atoms with E-state index in [0.29, 0.717) is 17.8 Å². The highest BCUT2D eigenvalue weighted by Gasteiger charge is 2.21. The van der Waals surface area contributed by atoms with Crippen molar-refractivity contribution in [3.05, 3.63) is 76.9 Å². The molecule has 5 rings (SSSR count). The first kappa shape index (κ1) is 20.9. The van der Waals surface area contributed by atoms with Crippen LogP contribution in [0.1, 0.15) is 45.7 Å². The van der Waals surface area contributed by atoms with Gasteiger partial charge in [0.15, 0.2) is 0 Å². The number of hydrogen-bond acceptors (Lipinski definition) is 5. The van der Waals surface area contributed by atoms with E-state index in [1.54, 1.807) is 6.20 Å². The van der Waals surface area contributed by atoms with Gasteiger partial charge in [-0.1, -0.05) is 12.1 Å². The lowest BCUT2D eigenvalue weighted by Gasteiger charge is -2.23. The number of fused-ring (bicyclic) bond motifs is 3. The van der Waals surface area contributed by atoms with E-state index in [1.807, 2.05) is 54.2 Å². The first-order chi connectivity index (χ1) is 16.1. The fourth-order valence-corrected chi connectivity index (χ4v) is 4.67. The molecule has 4 aromatic rings. The topological polar surface area (TPSA) is 110 Å². The number of nitrogens with zero attached hydrogens (tertiary/aromatic N) is 3. The number of imidazole rings is 1. The summed E-state index contributed by atoms with van der Waals surface area (Å²) in [4.78, 5) is 21.8. The molecule has 2 aromatic carbocycles. The molecule has 0 saturated carbocycles. The zero-order valence-corrected chi connectivity index (χ0v) is 18.6. The van der Waals surface area contributed by atoms with Gasteiger partial charge in [-0.3, -0.25) is 4.79 Å². The van der Waals surface area contributed by atoms with Gasteiger partial charge in [-0.15, -0.1) is 0 Å². The highest BCUT2D eigenvalue weighted by molar-refractivity contribution is 6.05. The molecule has 0 fully saturated rings. The van der Waals surface area contributed by atoms with Gasteiger partial charge in [-0.05, 0) is 61.1 Å². The Bertz CT molecular complexity index is 1370. The van der Waals surface area contributed by atoms with Crippen molar-refractivity contribution in [3.8, 4) is 11.3 Å². The van der Waals surface area contributed by atoms with E-state index in [1.165, 1.54) is 17.3 Å². The van der Waals surface area contributed by atoms with E-state index >= 15 is 0 Å². The Balaban J connectivity index is 1.49. The second kappa shape index (κ2) is 8.50. The van der Waals surface area contributed by atoms with Crippen LogP contribution in [0.3, 0.4) is 0 Å². The normalized spacial score (nSPS) is 13.0. The Morgan fingerprint density at radius 2 is 1.91 bits per heavy atom. The van der Waals surface area contributed by atoms with Gasteiger partial charge in [0.25, 0.3) is 5.91 Å². The van der Waals surface area contributed by atoms with Crippen molar-refractivity contribution in [2.75, 3.05) is 5.73 Å². The number of anilines is 1. The summed E-state index contributed by atoms with van der Waals surface area (Å²) in [7, 11) is 1.90. The Labute approximate surface area is 192 Å². The molecule has 2 aromatic heterocycles. The Morgan fingerprint density at radius 1 is 1.15 bits per heavy atom. The van der Waals surface area contributed by atoms with Crippen molar-refractivity contribution >= 4 is 28.7 Å². The maximum Gasteiger partial charge on any atom is 0.251 e. The van der Waals surface area contributed by atoms with Gasteiger partial charge in [0.05, 0.1) is 17.8 Å². The average Bonchev–Trinajstić information content (AvgIpc) is 3.26. The zero-order chi connectivity index (χ0) is 22.9. The van der Waals surface area contributed by atoms with Crippen LogP contribution in [0.4, 0.5) is 5.69 Å². The summed E-state index contributed by atoms with van der Waals surface area (Å²) in [5.41, 5.74) is 13.4. The molecule has 166 valence electrons. The van der Waals surface area contributed by atoms with E-state index in [0.717, 1.165) is 59.2 Å². The fourth-order valence-electron chi connectivity index (χ4n) is 4.67. The SMILES string of the molecule is Cn1ccnc1CNC(=O)c1ccc(-c2nc3ccc(N)c(C=N)c3c3c2CCCC3)cc1. The number of hydrogen-bond donors (Lipinski definition) is 3. The molecule has 1 aliphatic carbocycles. The molecule has 0 radical (unpaired) electrons. The maximum absolute atomic E-state index is 12.6. The summed E-state index contributed by atoms with van der Waals surface area (Å²) in [5, 5.41) is 11.8. The van der Waals surface area contributed by atoms with E-state index in [-0.39, 0.29) is 5.91 Å². The molecule has 0 aliphatic heterocycles. The van der Waals surface area contributed by atoms with Crippen LogP contribution in [0.2, 0.25) is 0 Å². The Kier molecular flexibility index (Phi) is 5.38. The molecule has 1 amide bonds. The minimum absolute atomic E-state index is 0.135. The molecule has 2 heterocycles. The lowest BCUT2D eigenvalue weighted by atomic mass is 9.85. The predicted octanol–water partition coefficient (Wildman–Crippen LogP) is 4.02. The van der Waals surface area contributed by atoms with Gasteiger partial charge in [0.2, 0.25) is 0 Å². The summed E-state index contributed by atoms with van der Waals surface area (Å²) in [6.07, 6.45) is 9.05. The van der Waals surface area contributed by atoms with Crippen LogP contribution in [-0.2, 0) is 26.4 Å². The molecule has 1 aliphatic rings. The molecule has 0 unspecified atom stereocenters. The van der Waals surface area contributed by atoms with Crippen molar-refractivity contribution in [3.63, 3.8) is 0 Å². The van der Waals surface area contributed by atoms with Gasteiger partial charge in [-0.2, -0.15) is 0 Å². The first-order valence-corrected chi connectivity index (χ1v) is 11.2. The monoisotopic (exact) mass is 438 g/mol. The van der Waals surface area contributed by atoms with E-state index in [9.17, 15) is 4.79 Å². The van der Waals surface area contributed by atoms with Crippen molar-refractivity contribution in [2.45, 2.75) is 32.2 Å². The number of pyridine rings is 1. The number of carbonyl (C=O) groups excluding carboxylic acids is 1. The number of rotatable bonds is 5. The van der Waals surface area contributed by atoms with Crippen LogP contribution in [0.5, 0.6) is 0 Å². The third-order valence-corrected chi connectivity index (χ3v) is 6.44. The van der Waals surface area contributed by atoms with Gasteiger partial charge < -0.3 is 21.0 Å². The molecule has 33 heavy (non-hydrogen) atoms. The first-order valence-electron chi connectivity index (χ1n) is 11.2. The number of amides is 1. The number of benzene rings is 2. The van der Waals surface area contributed by atoms with Gasteiger partial charge >= 0.3 is 0 Å². The van der Waals surface area contributed by atoms with Crippen LogP contribution in [-0.4, -0.2) is 26.7 Å². The van der Waals surface area contributed by atoms with Gasteiger partial charge in [0, 0.05) is 53.4 Å². The number of carbonyl (C=O) groups is 1. The van der Waals surface area contributed by atoms with Crippen LogP contribution < -0.4 is 11.1 Å². The molecule has 0 saturated heterocycles. The largest absolute Gasteiger partial charge is 0.398 e. The second-order valence-electron chi connectivity index (χ2n) is 8.45. The smallest absolute Gasteiger partial charge is 0.251 e. The summed E-state index contributed by atoms with van der Waals surface area (Å²) in [6.45, 7) is 0.377. The molecule has 0 bridgehead atoms. The third-order valence-electron chi connectivity index (χ3n) is 6.44. The molecule has 7 nitrogen and oxygen atoms in total. The highest BCUT2D eigenvalue weighted by atomic mass is 16.1. The fraction of sp³-hybridized carbons (Fsp3) is 0.231. The third kappa shape index (κ3) is 3.75. The molecular formula is C26H26N6O. The molecule has 4 N–H and O–H groups in total. The zero-order valence-electron chi connectivity index (χ0n) is 18.6. The Morgan fingerprint density at radius 3 is 2.61 bits per heavy atom. The summed E-state index contributed by atoms with van der Waals surface area (Å²) in [5.74, 6) is 0.668. The van der Waals surface area contributed by atoms with E-state index in [4.69, 9.17) is 16.1 Å². The van der Waals surface area contributed by atoms with Crippen molar-refractivity contribution in [1.82, 2.24) is 19.9 Å². The van der Waals surface area contributed by atoms with Gasteiger partial charge in [-0.25, -0.2) is 9.97 Å². The van der Waals surface area contributed by atoms with Gasteiger partial charge in [0.1, 0.15) is 5.82 Å². The lowest BCUT2D eigenvalue weighted by Crippen LogP contribution is -2.24. The summed E-state index contributed by atoms with van der Waals surface area (Å²) >= 11 is 0. The molecular weight excluding hydrogens is 412 g/mol. The molecule has 0 spiro atoms. The van der Waals surface area contributed by atoms with Crippen molar-refractivity contribution in [2.24, 2.45) is 7.05 Å². The number of nitrogen functional groups attached to an aromatic ring is 1. The maximum atomic E-state index is 12.6. The van der Waals surface area contributed by atoms with Crippen LogP contribution >= 0.6 is 0 Å². The van der Waals surface area contributed by atoms with Crippen molar-refractivity contribution in [1.29, 1.82) is 5.41 Å². The quantitative estimate of drug-likeness (QED) is 0.323. The number of aromatic nitrogens is 3. The second-order valence-corrected chi connectivity index (χ2v) is 8.45. The minimum atomic E-state index is -0.135. The highest BCUT2D eigenvalue weighted by Crippen LogP contribution is 2.37. The summed E-state index contributed by atoms with van der Waals surface area (Å²) in [6, 6.07) is 11.4. The Hall–Kier alpha value is -4.00. The predicted molar refractivity (Wildman–Crippen MR) is 130 cm³/mol. The summed E-state index contributed by atoms with van der Waals surface area (Å²) < 4.78 is 1.88. The van der Waals surface area contributed by atoms with E-state index < -0.39 is 0 Å². The lowest BCUT2D eigenvalue weighted by molar-refractivity contribution is 0.0949. The molecule has 7 heteroatoms. The van der Waals surface area contributed by atoms with Crippen LogP contribution in [0.25, 0.3) is 22.2 Å². The van der Waals surface area contributed by atoms with Crippen LogP contribution in [0.15, 0.2) is 48.8 Å². The minimum Gasteiger partial charge on any atom is -0.398 e. The average molecular weight is 439 g/mol.